The monoisotopic (exact) mass is 416 g/mol. The Balaban J connectivity index is 1.61. The van der Waals surface area contributed by atoms with Gasteiger partial charge in [-0.25, -0.2) is 4.39 Å². The van der Waals surface area contributed by atoms with Gasteiger partial charge in [-0.3, -0.25) is 0 Å². The van der Waals surface area contributed by atoms with Gasteiger partial charge in [0.05, 0.1) is 7.85 Å². The van der Waals surface area contributed by atoms with Gasteiger partial charge in [0, 0.05) is 0 Å². The molecule has 3 fully saturated rings. The molecule has 2 heteroatoms. The van der Waals surface area contributed by atoms with Crippen LogP contribution in [0.3, 0.4) is 0 Å². The molecule has 0 saturated heterocycles. The van der Waals surface area contributed by atoms with Crippen molar-refractivity contribution in [3.63, 3.8) is 0 Å². The Hall–Kier alpha value is -0.00506. The van der Waals surface area contributed by atoms with Crippen LogP contribution in [0.1, 0.15) is 141 Å². The molecule has 3 rings (SSSR count). The first-order valence-electron chi connectivity index (χ1n) is 14.1. The topological polar surface area (TPSA) is 0 Å². The first-order valence-corrected chi connectivity index (χ1v) is 14.1. The normalized spacial score (nSPS) is 37.6. The molecule has 3 aliphatic rings. The Morgan fingerprint density at radius 3 is 1.43 bits per heavy atom. The molecular weight excluding hydrogens is 366 g/mol. The van der Waals surface area contributed by atoms with Crippen molar-refractivity contribution in [1.29, 1.82) is 0 Å². The minimum Gasteiger partial charge on any atom is -0.247 e. The summed E-state index contributed by atoms with van der Waals surface area (Å²) in [6.45, 7) is 0. The highest BCUT2D eigenvalue weighted by atomic mass is 19.1. The van der Waals surface area contributed by atoms with Crippen LogP contribution in [0.2, 0.25) is 5.82 Å². The van der Waals surface area contributed by atoms with Crippen molar-refractivity contribution >= 4 is 7.85 Å². The van der Waals surface area contributed by atoms with Crippen LogP contribution >= 0.6 is 0 Å². The van der Waals surface area contributed by atoms with Crippen LogP contribution in [0, 0.1) is 23.7 Å². The van der Waals surface area contributed by atoms with Gasteiger partial charge in [-0.2, -0.15) is 0 Å². The van der Waals surface area contributed by atoms with Gasteiger partial charge in [-0.15, -0.1) is 0 Å². The standard InChI is InChI=1S/C28H50BF/c29-27-17-10-6-5-9-13-23(16-11-12-18-27)25-19-20-28(30)22-26(21-25)24-14-7-3-1-2-4-8-15-24/h23-28H,1-22H2. The van der Waals surface area contributed by atoms with E-state index in [0.29, 0.717) is 11.7 Å². The van der Waals surface area contributed by atoms with E-state index in [-0.39, 0.29) is 0 Å². The Morgan fingerprint density at radius 2 is 0.833 bits per heavy atom. The summed E-state index contributed by atoms with van der Waals surface area (Å²) in [6.07, 6.45) is 28.3. The van der Waals surface area contributed by atoms with E-state index in [2.05, 4.69) is 0 Å². The van der Waals surface area contributed by atoms with Crippen molar-refractivity contribution in [2.24, 2.45) is 23.7 Å². The van der Waals surface area contributed by atoms with Gasteiger partial charge in [0.25, 0.3) is 0 Å². The summed E-state index contributed by atoms with van der Waals surface area (Å²) in [4.78, 5) is 0. The smallest absolute Gasteiger partial charge is 0.100 e. The summed E-state index contributed by atoms with van der Waals surface area (Å²) in [5.74, 6) is 3.55. The lowest BCUT2D eigenvalue weighted by atomic mass is 9.72. The number of halogens is 1. The average Bonchev–Trinajstić information content (AvgIpc) is 2.82. The largest absolute Gasteiger partial charge is 0.247 e. The molecule has 0 bridgehead atoms. The minimum absolute atomic E-state index is 0.431. The molecule has 0 aromatic rings. The molecule has 0 amide bonds. The fraction of sp³-hybridized carbons (Fsp3) is 1.00. The third-order valence-electron chi connectivity index (χ3n) is 9.05. The molecule has 2 radical (unpaired) electrons. The zero-order valence-electron chi connectivity index (χ0n) is 20.0. The van der Waals surface area contributed by atoms with Crippen LogP contribution < -0.4 is 0 Å². The Labute approximate surface area is 189 Å². The van der Waals surface area contributed by atoms with Gasteiger partial charge in [0.15, 0.2) is 0 Å². The third kappa shape index (κ3) is 8.86. The second kappa shape index (κ2) is 14.2. The minimum atomic E-state index is -0.531. The average molecular weight is 417 g/mol. The Bertz CT molecular complexity index is 428. The lowest BCUT2D eigenvalue weighted by molar-refractivity contribution is 0.172. The van der Waals surface area contributed by atoms with E-state index in [4.69, 9.17) is 7.85 Å². The van der Waals surface area contributed by atoms with Crippen LogP contribution in [-0.2, 0) is 0 Å². The lowest BCUT2D eigenvalue weighted by Crippen LogP contribution is -2.23. The predicted octanol–water partition coefficient (Wildman–Crippen LogP) is 9.37. The molecule has 0 N–H and O–H groups in total. The molecule has 0 nitrogen and oxygen atoms in total. The van der Waals surface area contributed by atoms with Gasteiger partial charge in [-0.05, 0) is 49.4 Å². The fourth-order valence-corrected chi connectivity index (χ4v) is 7.13. The van der Waals surface area contributed by atoms with E-state index >= 15 is 0 Å². The van der Waals surface area contributed by atoms with E-state index in [0.717, 1.165) is 37.0 Å². The number of alkyl halides is 1. The highest BCUT2D eigenvalue weighted by molar-refractivity contribution is 6.11. The summed E-state index contributed by atoms with van der Waals surface area (Å²) in [6, 6.07) is 0. The molecular formula is C28H50BF. The zero-order valence-corrected chi connectivity index (χ0v) is 20.0. The molecule has 3 saturated carbocycles. The van der Waals surface area contributed by atoms with E-state index < -0.39 is 6.17 Å². The van der Waals surface area contributed by atoms with Crippen LogP contribution in [0.5, 0.6) is 0 Å². The first kappa shape index (κ1) is 24.6. The third-order valence-corrected chi connectivity index (χ3v) is 9.05. The quantitative estimate of drug-likeness (QED) is 0.311. The van der Waals surface area contributed by atoms with Crippen molar-refractivity contribution in [1.82, 2.24) is 0 Å². The highest BCUT2D eigenvalue weighted by Crippen LogP contribution is 2.43. The summed E-state index contributed by atoms with van der Waals surface area (Å²) in [5.41, 5.74) is 0. The maximum Gasteiger partial charge on any atom is 0.100 e. The second-order valence-corrected chi connectivity index (χ2v) is 11.4. The predicted molar refractivity (Wildman–Crippen MR) is 130 cm³/mol. The Morgan fingerprint density at radius 1 is 0.400 bits per heavy atom. The van der Waals surface area contributed by atoms with Crippen LogP contribution in [0.15, 0.2) is 0 Å². The van der Waals surface area contributed by atoms with E-state index in [1.807, 2.05) is 0 Å². The molecule has 30 heavy (non-hydrogen) atoms. The summed E-state index contributed by atoms with van der Waals surface area (Å²) < 4.78 is 14.8. The molecule has 3 aliphatic carbocycles. The SMILES string of the molecule is [B]C1CCCCCCC(C2CCC(F)CC(C3CCCCCCCC3)C2)CCCC1. The molecule has 0 aromatic heterocycles. The lowest BCUT2D eigenvalue weighted by Gasteiger charge is -2.33. The maximum absolute atomic E-state index is 14.8. The maximum atomic E-state index is 14.8. The molecule has 5 unspecified atom stereocenters. The van der Waals surface area contributed by atoms with Crippen molar-refractivity contribution in [2.75, 3.05) is 0 Å². The van der Waals surface area contributed by atoms with Gasteiger partial charge in [0.2, 0.25) is 0 Å². The zero-order chi connectivity index (χ0) is 21.0. The highest BCUT2D eigenvalue weighted by Gasteiger charge is 2.33. The second-order valence-electron chi connectivity index (χ2n) is 11.4. The molecule has 172 valence electrons. The molecule has 0 aliphatic heterocycles. The molecule has 5 atom stereocenters. The molecule has 0 aromatic carbocycles. The van der Waals surface area contributed by atoms with Crippen molar-refractivity contribution in [3.8, 4) is 0 Å². The molecule has 0 spiro atoms. The van der Waals surface area contributed by atoms with Gasteiger partial charge >= 0.3 is 0 Å². The summed E-state index contributed by atoms with van der Waals surface area (Å²) in [5, 5.41) is 0. The van der Waals surface area contributed by atoms with Crippen LogP contribution in [0.25, 0.3) is 0 Å². The first-order chi connectivity index (χ1) is 14.7. The summed E-state index contributed by atoms with van der Waals surface area (Å²) in [7, 11) is 6.32. The van der Waals surface area contributed by atoms with Crippen LogP contribution in [0.4, 0.5) is 4.39 Å². The summed E-state index contributed by atoms with van der Waals surface area (Å²) >= 11 is 0. The van der Waals surface area contributed by atoms with Gasteiger partial charge < -0.3 is 0 Å². The van der Waals surface area contributed by atoms with Crippen molar-refractivity contribution < 1.29 is 4.39 Å². The van der Waals surface area contributed by atoms with Crippen molar-refractivity contribution in [3.05, 3.63) is 0 Å². The number of hydrogen-bond donors (Lipinski definition) is 0. The van der Waals surface area contributed by atoms with Gasteiger partial charge in [-0.1, -0.05) is 121 Å². The van der Waals surface area contributed by atoms with E-state index in [1.54, 1.807) is 0 Å². The number of rotatable bonds is 2. The molecule has 0 heterocycles. The van der Waals surface area contributed by atoms with E-state index in [9.17, 15) is 4.39 Å². The fourth-order valence-electron chi connectivity index (χ4n) is 7.13. The number of hydrogen-bond acceptors (Lipinski definition) is 0. The van der Waals surface area contributed by atoms with Crippen LogP contribution in [-0.4, -0.2) is 14.0 Å². The van der Waals surface area contributed by atoms with Gasteiger partial charge in [0.1, 0.15) is 6.17 Å². The Kier molecular flexibility index (Phi) is 11.7. The van der Waals surface area contributed by atoms with E-state index in [1.165, 1.54) is 122 Å². The van der Waals surface area contributed by atoms with Crippen molar-refractivity contribution in [2.45, 2.75) is 153 Å².